The monoisotopic (exact) mass is 268 g/mol. The van der Waals surface area contributed by atoms with E-state index < -0.39 is 0 Å². The first-order valence-corrected chi connectivity index (χ1v) is 7.10. The molecule has 2 aromatic carbocycles. The van der Waals surface area contributed by atoms with E-state index in [0.29, 0.717) is 18.3 Å². The van der Waals surface area contributed by atoms with Crippen LogP contribution >= 0.6 is 0 Å². The molecule has 1 saturated carbocycles. The van der Waals surface area contributed by atoms with Gasteiger partial charge in [0.2, 0.25) is 0 Å². The number of phenols is 1. The first-order valence-electron chi connectivity index (χ1n) is 7.10. The van der Waals surface area contributed by atoms with Gasteiger partial charge in [0.1, 0.15) is 5.75 Å². The topological polar surface area (TPSA) is 49.5 Å². The third-order valence-electron chi connectivity index (χ3n) is 3.75. The average molecular weight is 268 g/mol. The van der Waals surface area contributed by atoms with Crippen LogP contribution in [0.4, 0.5) is 5.69 Å². The van der Waals surface area contributed by atoms with E-state index in [-0.39, 0.29) is 0 Å². The highest BCUT2D eigenvalue weighted by molar-refractivity contribution is 5.50. The van der Waals surface area contributed by atoms with Gasteiger partial charge in [0.05, 0.1) is 0 Å². The van der Waals surface area contributed by atoms with Gasteiger partial charge in [0.15, 0.2) is 0 Å². The minimum Gasteiger partial charge on any atom is -0.508 e. The molecule has 3 rings (SSSR count). The van der Waals surface area contributed by atoms with E-state index in [4.69, 9.17) is 5.73 Å². The summed E-state index contributed by atoms with van der Waals surface area (Å²) in [5, 5.41) is 9.59. The zero-order chi connectivity index (χ0) is 13.9. The average Bonchev–Trinajstić information content (AvgIpc) is 3.30. The first-order chi connectivity index (χ1) is 9.76. The quantitative estimate of drug-likeness (QED) is 0.876. The predicted octanol–water partition coefficient (Wildman–Crippen LogP) is 3.02. The van der Waals surface area contributed by atoms with Gasteiger partial charge < -0.3 is 15.7 Å². The van der Waals surface area contributed by atoms with Crippen molar-refractivity contribution in [2.45, 2.75) is 32.0 Å². The molecule has 0 saturated heterocycles. The lowest BCUT2D eigenvalue weighted by atomic mass is 10.1. The number of phenolic OH excluding ortho intramolecular Hbond substituents is 1. The Morgan fingerprint density at radius 1 is 1.05 bits per heavy atom. The van der Waals surface area contributed by atoms with Crippen LogP contribution in [0.5, 0.6) is 5.75 Å². The van der Waals surface area contributed by atoms with E-state index in [1.54, 1.807) is 6.07 Å². The Bertz CT molecular complexity index is 576. The van der Waals surface area contributed by atoms with Crippen LogP contribution in [0.3, 0.4) is 0 Å². The summed E-state index contributed by atoms with van der Waals surface area (Å²) in [5.74, 6) is 0.330. The summed E-state index contributed by atoms with van der Waals surface area (Å²) < 4.78 is 0. The highest BCUT2D eigenvalue weighted by atomic mass is 16.3. The number of anilines is 1. The third kappa shape index (κ3) is 2.94. The van der Waals surface area contributed by atoms with Gasteiger partial charge >= 0.3 is 0 Å². The molecule has 0 amide bonds. The SMILES string of the molecule is NCc1ccc(N(Cc2cccc(O)c2)C2CC2)cc1. The van der Waals surface area contributed by atoms with Gasteiger partial charge in [0, 0.05) is 24.8 Å². The van der Waals surface area contributed by atoms with Gasteiger partial charge in [-0.25, -0.2) is 0 Å². The van der Waals surface area contributed by atoms with Crippen molar-refractivity contribution in [1.82, 2.24) is 0 Å². The van der Waals surface area contributed by atoms with Crippen LogP contribution in [0, 0.1) is 0 Å². The van der Waals surface area contributed by atoms with Gasteiger partial charge in [-0.1, -0.05) is 24.3 Å². The Balaban J connectivity index is 1.81. The summed E-state index contributed by atoms with van der Waals surface area (Å²) in [6.45, 7) is 1.41. The Morgan fingerprint density at radius 2 is 1.80 bits per heavy atom. The zero-order valence-corrected chi connectivity index (χ0v) is 11.5. The van der Waals surface area contributed by atoms with Crippen molar-refractivity contribution in [2.75, 3.05) is 4.90 Å². The van der Waals surface area contributed by atoms with Crippen molar-refractivity contribution < 1.29 is 5.11 Å². The fraction of sp³-hybridized carbons (Fsp3) is 0.294. The molecule has 0 heterocycles. The van der Waals surface area contributed by atoms with E-state index in [0.717, 1.165) is 17.7 Å². The molecule has 3 heteroatoms. The van der Waals surface area contributed by atoms with Crippen molar-refractivity contribution in [3.8, 4) is 5.75 Å². The van der Waals surface area contributed by atoms with Crippen LogP contribution in [0.1, 0.15) is 24.0 Å². The molecule has 0 radical (unpaired) electrons. The van der Waals surface area contributed by atoms with Crippen molar-refractivity contribution in [3.63, 3.8) is 0 Å². The molecule has 20 heavy (non-hydrogen) atoms. The van der Waals surface area contributed by atoms with Crippen LogP contribution in [-0.4, -0.2) is 11.1 Å². The van der Waals surface area contributed by atoms with Crippen LogP contribution in [0.25, 0.3) is 0 Å². The fourth-order valence-electron chi connectivity index (χ4n) is 2.49. The molecule has 0 aliphatic heterocycles. The van der Waals surface area contributed by atoms with Gasteiger partial charge in [-0.2, -0.15) is 0 Å². The van der Waals surface area contributed by atoms with E-state index >= 15 is 0 Å². The maximum Gasteiger partial charge on any atom is 0.115 e. The fourth-order valence-corrected chi connectivity index (χ4v) is 2.49. The number of nitrogens with two attached hydrogens (primary N) is 1. The summed E-state index contributed by atoms with van der Waals surface area (Å²) in [4.78, 5) is 2.41. The largest absolute Gasteiger partial charge is 0.508 e. The number of rotatable bonds is 5. The molecule has 1 aliphatic rings. The van der Waals surface area contributed by atoms with E-state index in [1.807, 2.05) is 12.1 Å². The zero-order valence-electron chi connectivity index (χ0n) is 11.5. The molecule has 0 unspecified atom stereocenters. The Labute approximate surface area is 119 Å². The molecule has 104 valence electrons. The minimum absolute atomic E-state index is 0.330. The third-order valence-corrected chi connectivity index (χ3v) is 3.75. The lowest BCUT2D eigenvalue weighted by molar-refractivity contribution is 0.474. The highest BCUT2D eigenvalue weighted by Gasteiger charge is 2.29. The van der Waals surface area contributed by atoms with E-state index in [9.17, 15) is 5.11 Å². The van der Waals surface area contributed by atoms with Crippen molar-refractivity contribution in [2.24, 2.45) is 5.73 Å². The molecule has 1 aliphatic carbocycles. The van der Waals surface area contributed by atoms with Crippen LogP contribution < -0.4 is 10.6 Å². The van der Waals surface area contributed by atoms with Crippen molar-refractivity contribution in [1.29, 1.82) is 0 Å². The first kappa shape index (κ1) is 13.0. The normalized spacial score (nSPS) is 14.2. The van der Waals surface area contributed by atoms with Crippen molar-refractivity contribution in [3.05, 3.63) is 59.7 Å². The number of benzene rings is 2. The smallest absolute Gasteiger partial charge is 0.115 e. The lowest BCUT2D eigenvalue weighted by Crippen LogP contribution is -2.24. The summed E-state index contributed by atoms with van der Waals surface area (Å²) in [5.41, 5.74) is 9.17. The van der Waals surface area contributed by atoms with Gasteiger partial charge in [-0.3, -0.25) is 0 Å². The van der Waals surface area contributed by atoms with Crippen LogP contribution in [0.15, 0.2) is 48.5 Å². The lowest BCUT2D eigenvalue weighted by Gasteiger charge is -2.25. The summed E-state index contributed by atoms with van der Waals surface area (Å²) in [6.07, 6.45) is 2.49. The van der Waals surface area contributed by atoms with Gasteiger partial charge in [0.25, 0.3) is 0 Å². The van der Waals surface area contributed by atoms with Crippen molar-refractivity contribution >= 4 is 5.69 Å². The molecule has 0 spiro atoms. The van der Waals surface area contributed by atoms with Crippen LogP contribution in [-0.2, 0) is 13.1 Å². The second kappa shape index (κ2) is 5.55. The molecule has 1 fully saturated rings. The summed E-state index contributed by atoms with van der Waals surface area (Å²) >= 11 is 0. The molecule has 2 aromatic rings. The Hall–Kier alpha value is -2.00. The predicted molar refractivity (Wildman–Crippen MR) is 81.6 cm³/mol. The van der Waals surface area contributed by atoms with Gasteiger partial charge in [-0.15, -0.1) is 0 Å². The number of aromatic hydroxyl groups is 1. The summed E-state index contributed by atoms with van der Waals surface area (Å²) in [7, 11) is 0. The molecule has 0 bridgehead atoms. The summed E-state index contributed by atoms with van der Waals surface area (Å²) in [6, 6.07) is 16.6. The number of hydrogen-bond donors (Lipinski definition) is 2. The number of nitrogens with zero attached hydrogens (tertiary/aromatic N) is 1. The molecule has 3 nitrogen and oxygen atoms in total. The maximum absolute atomic E-state index is 9.59. The molecule has 0 atom stereocenters. The second-order valence-electron chi connectivity index (χ2n) is 5.40. The molecule has 0 aromatic heterocycles. The van der Waals surface area contributed by atoms with Crippen LogP contribution in [0.2, 0.25) is 0 Å². The highest BCUT2D eigenvalue weighted by Crippen LogP contribution is 2.33. The second-order valence-corrected chi connectivity index (χ2v) is 5.40. The maximum atomic E-state index is 9.59. The number of hydrogen-bond acceptors (Lipinski definition) is 3. The molecular weight excluding hydrogens is 248 g/mol. The van der Waals surface area contributed by atoms with Gasteiger partial charge in [-0.05, 0) is 48.2 Å². The Kier molecular flexibility index (Phi) is 3.61. The van der Waals surface area contributed by atoms with E-state index in [2.05, 4.69) is 35.2 Å². The van der Waals surface area contributed by atoms with E-state index in [1.165, 1.54) is 18.5 Å². The standard InChI is InChI=1S/C17H20N2O/c18-11-13-4-6-15(7-5-13)19(16-8-9-16)12-14-2-1-3-17(20)10-14/h1-7,10,16,20H,8-9,11-12,18H2. The molecule has 3 N–H and O–H groups in total. The Morgan fingerprint density at radius 3 is 2.40 bits per heavy atom. The minimum atomic E-state index is 0.330. The molecular formula is C17H20N2O.